The van der Waals surface area contributed by atoms with E-state index in [1.54, 1.807) is 0 Å². The minimum atomic E-state index is -2.11. The third-order valence-electron chi connectivity index (χ3n) is 12.5. The molecule has 0 aromatic carbocycles. The molecule has 0 amide bonds. The first-order valence-corrected chi connectivity index (χ1v) is 21.2. The van der Waals surface area contributed by atoms with Crippen LogP contribution >= 0.6 is 0 Å². The number of aliphatic hydroxyl groups excluding tert-OH is 19. The largest absolute Gasteiger partial charge is 0.394 e. The van der Waals surface area contributed by atoms with Gasteiger partial charge in [-0.05, 0) is 0 Å². The normalized spacial score (nSPS) is 53.4. The SMILES string of the molecule is N[C@H]1[C@H](O[C@@H]2[C@@H](O)[C@H](OC[C@H]3O[C@@H](OC[C@H]4O[C@H](O)[C@H](O)[C@@H](O[C@@H]5O[C@H](CO)[C@@H](O)[C@H](O)[C@H]5O)[C@@H]4O)[C@H](O)[C@@H](O)[C@@H]3O)O[C@H](CO[C@@H]3O[C@H](CO)[C@@H](O)[C@H](O)[C@H]3O)[C@H]2O)O[C@H](CO)[C@@H](O)[C@@H]1O. The van der Waals surface area contributed by atoms with Gasteiger partial charge < -0.3 is 155 Å². The second kappa shape index (κ2) is 23.5. The molecule has 6 heterocycles. The van der Waals surface area contributed by atoms with Gasteiger partial charge in [-0.1, -0.05) is 0 Å². The molecule has 31 heteroatoms. The molecule has 6 fully saturated rings. The van der Waals surface area contributed by atoms with E-state index in [1.165, 1.54) is 0 Å². The van der Waals surface area contributed by atoms with Crippen molar-refractivity contribution in [1.29, 1.82) is 0 Å². The summed E-state index contributed by atoms with van der Waals surface area (Å²) in [6, 6.07) is -1.55. The topological polar surface area (TPSA) is 512 Å². The highest BCUT2D eigenvalue weighted by atomic mass is 16.8. The number of hydrogen-bond acceptors (Lipinski definition) is 31. The molecule has 0 radical (unpaired) electrons. The Labute approximate surface area is 378 Å². The Morgan fingerprint density at radius 1 is 0.299 bits per heavy atom. The zero-order chi connectivity index (χ0) is 49.3. The fourth-order valence-electron chi connectivity index (χ4n) is 8.23. The summed E-state index contributed by atoms with van der Waals surface area (Å²) in [4.78, 5) is 0. The van der Waals surface area contributed by atoms with E-state index in [4.69, 9.17) is 57.8 Å². The van der Waals surface area contributed by atoms with Gasteiger partial charge in [-0.2, -0.15) is 0 Å². The van der Waals surface area contributed by atoms with E-state index >= 15 is 0 Å². The molecule has 0 aliphatic carbocycles. The van der Waals surface area contributed by atoms with Gasteiger partial charge in [0.25, 0.3) is 0 Å². The number of ether oxygens (including phenoxy) is 11. The van der Waals surface area contributed by atoms with E-state index < -0.39 is 224 Å². The van der Waals surface area contributed by atoms with Gasteiger partial charge in [0.15, 0.2) is 37.7 Å². The van der Waals surface area contributed by atoms with Crippen LogP contribution in [0.4, 0.5) is 0 Å². The fraction of sp³-hybridized carbons (Fsp3) is 1.00. The van der Waals surface area contributed by atoms with Crippen molar-refractivity contribution in [3.05, 3.63) is 0 Å². The summed E-state index contributed by atoms with van der Waals surface area (Å²) in [5.41, 5.74) is 6.01. The summed E-state index contributed by atoms with van der Waals surface area (Å²) >= 11 is 0. The molecular weight excluding hydrogens is 926 g/mol. The lowest BCUT2D eigenvalue weighted by Gasteiger charge is -2.47. The molecule has 6 saturated heterocycles. The van der Waals surface area contributed by atoms with E-state index in [0.29, 0.717) is 0 Å². The van der Waals surface area contributed by atoms with Crippen molar-refractivity contribution < 1.29 is 149 Å². The molecule has 0 aromatic heterocycles. The predicted octanol–water partition coefficient (Wildman–Crippen LogP) is -14.1. The van der Waals surface area contributed by atoms with Crippen LogP contribution in [0.25, 0.3) is 0 Å². The molecule has 6 rings (SSSR count). The Bertz CT molecular complexity index is 1510. The van der Waals surface area contributed by atoms with Gasteiger partial charge in [0.2, 0.25) is 0 Å². The number of nitrogens with two attached hydrogens (primary N) is 1. The Kier molecular flexibility index (Phi) is 19.4. The van der Waals surface area contributed by atoms with Crippen molar-refractivity contribution in [2.24, 2.45) is 5.73 Å². The van der Waals surface area contributed by atoms with Crippen LogP contribution in [0.5, 0.6) is 0 Å². The fourth-order valence-corrected chi connectivity index (χ4v) is 8.23. The standard InChI is InChI=1S/C36H63NO30/c37-13-20(47)14(41)7(1-38)61-32(13)66-30-19(46)12(6-58-33-24(51)21(48)15(42)8(2-39)62-33)65-35(28(30)55)59-4-10-17(44)23(50)25(52)34(64-10)57-5-11-18(45)29(27(54)31(56)60-11)67-36-26(53)22(49)16(43)9(3-40)63-36/h7-36,38-56H,1-6,37H2/t7-,8-,9-,10-,11-,12-,13-,14-,15-,16-,17-,18-,19-,20-,21+,22+,23+,24-,25-,26-,27-,28-,29+,30+,31+,32+,33-,34-,35-,36+/m1/s1. The molecular formula is C36H63NO30. The quantitative estimate of drug-likeness (QED) is 0.0683. The molecule has 392 valence electrons. The van der Waals surface area contributed by atoms with Gasteiger partial charge in [-0.25, -0.2) is 0 Å². The van der Waals surface area contributed by atoms with Gasteiger partial charge in [0, 0.05) is 0 Å². The smallest absolute Gasteiger partial charge is 0.187 e. The molecule has 0 saturated carbocycles. The molecule has 6 aliphatic heterocycles. The third-order valence-corrected chi connectivity index (χ3v) is 12.5. The van der Waals surface area contributed by atoms with E-state index in [-0.39, 0.29) is 0 Å². The molecule has 21 N–H and O–H groups in total. The van der Waals surface area contributed by atoms with Gasteiger partial charge in [-0.15, -0.1) is 0 Å². The highest BCUT2D eigenvalue weighted by Crippen LogP contribution is 2.33. The Hall–Kier alpha value is -1.24. The van der Waals surface area contributed by atoms with Gasteiger partial charge in [-0.3, -0.25) is 0 Å². The minimum absolute atomic E-state index is 0.785. The Balaban J connectivity index is 1.13. The third kappa shape index (κ3) is 11.7. The van der Waals surface area contributed by atoms with Crippen LogP contribution in [-0.2, 0) is 52.1 Å². The molecule has 0 unspecified atom stereocenters. The first kappa shape index (κ1) is 55.1. The average molecular weight is 990 g/mol. The molecule has 30 atom stereocenters. The van der Waals surface area contributed by atoms with E-state index in [2.05, 4.69) is 0 Å². The van der Waals surface area contributed by atoms with Crippen molar-refractivity contribution in [1.82, 2.24) is 0 Å². The minimum Gasteiger partial charge on any atom is -0.394 e. The number of rotatable bonds is 16. The molecule has 31 nitrogen and oxygen atoms in total. The highest BCUT2D eigenvalue weighted by Gasteiger charge is 2.54. The summed E-state index contributed by atoms with van der Waals surface area (Å²) in [5, 5.41) is 198. The average Bonchev–Trinajstić information content (AvgIpc) is 3.31. The summed E-state index contributed by atoms with van der Waals surface area (Å²) in [6.45, 7) is -4.96. The van der Waals surface area contributed by atoms with Gasteiger partial charge >= 0.3 is 0 Å². The van der Waals surface area contributed by atoms with E-state index in [9.17, 15) is 97.0 Å². The summed E-state index contributed by atoms with van der Waals surface area (Å²) in [7, 11) is 0. The molecule has 0 bridgehead atoms. The van der Waals surface area contributed by atoms with E-state index in [1.807, 2.05) is 0 Å². The van der Waals surface area contributed by atoms with E-state index in [0.717, 1.165) is 0 Å². The first-order valence-electron chi connectivity index (χ1n) is 21.2. The zero-order valence-corrected chi connectivity index (χ0v) is 35.1. The van der Waals surface area contributed by atoms with Crippen LogP contribution in [0, 0.1) is 0 Å². The lowest BCUT2D eigenvalue weighted by Crippen LogP contribution is -2.67. The summed E-state index contributed by atoms with van der Waals surface area (Å²) in [6.07, 6.45) is -53.0. The monoisotopic (exact) mass is 989 g/mol. The second-order valence-corrected chi connectivity index (χ2v) is 17.0. The lowest BCUT2D eigenvalue weighted by molar-refractivity contribution is -0.367. The van der Waals surface area contributed by atoms with Crippen LogP contribution in [0.1, 0.15) is 0 Å². The summed E-state index contributed by atoms with van der Waals surface area (Å²) in [5.74, 6) is 0. The van der Waals surface area contributed by atoms with Gasteiger partial charge in [0.1, 0.15) is 140 Å². The number of hydrogen-bond donors (Lipinski definition) is 20. The second-order valence-electron chi connectivity index (χ2n) is 17.0. The van der Waals surface area contributed by atoms with Crippen molar-refractivity contribution >= 4 is 0 Å². The number of aliphatic hydroxyl groups is 19. The highest BCUT2D eigenvalue weighted by molar-refractivity contribution is 4.98. The molecule has 6 aliphatic rings. The van der Waals surface area contributed by atoms with Crippen molar-refractivity contribution in [2.75, 3.05) is 39.6 Å². The lowest BCUT2D eigenvalue weighted by atomic mass is 9.96. The maximum atomic E-state index is 11.4. The predicted molar refractivity (Wildman–Crippen MR) is 201 cm³/mol. The molecule has 0 aromatic rings. The zero-order valence-electron chi connectivity index (χ0n) is 35.1. The first-order chi connectivity index (χ1) is 31.6. The van der Waals surface area contributed by atoms with Crippen LogP contribution in [0.3, 0.4) is 0 Å². The van der Waals surface area contributed by atoms with Crippen LogP contribution in [0.15, 0.2) is 0 Å². The van der Waals surface area contributed by atoms with Crippen LogP contribution in [-0.4, -0.2) is 321 Å². The summed E-state index contributed by atoms with van der Waals surface area (Å²) < 4.78 is 60.7. The maximum Gasteiger partial charge on any atom is 0.187 e. The van der Waals surface area contributed by atoms with Crippen LogP contribution < -0.4 is 5.73 Å². The van der Waals surface area contributed by atoms with Gasteiger partial charge in [0.05, 0.1) is 45.7 Å². The Morgan fingerprint density at radius 2 is 0.612 bits per heavy atom. The Morgan fingerprint density at radius 3 is 1.07 bits per heavy atom. The molecule has 67 heavy (non-hydrogen) atoms. The molecule has 0 spiro atoms. The van der Waals surface area contributed by atoms with Crippen molar-refractivity contribution in [3.63, 3.8) is 0 Å². The van der Waals surface area contributed by atoms with Crippen molar-refractivity contribution in [3.8, 4) is 0 Å². The van der Waals surface area contributed by atoms with Crippen LogP contribution in [0.2, 0.25) is 0 Å². The maximum absolute atomic E-state index is 11.4. The van der Waals surface area contributed by atoms with Crippen molar-refractivity contribution in [2.45, 2.75) is 184 Å².